The van der Waals surface area contributed by atoms with Crippen molar-refractivity contribution in [1.29, 1.82) is 0 Å². The molecule has 0 heterocycles. The van der Waals surface area contributed by atoms with Gasteiger partial charge in [-0.3, -0.25) is 0 Å². The summed E-state index contributed by atoms with van der Waals surface area (Å²) in [6.07, 6.45) is -4.61. The van der Waals surface area contributed by atoms with Gasteiger partial charge in [-0.25, -0.2) is 8.78 Å². The highest BCUT2D eigenvalue weighted by atomic mass is 19.4. The van der Waals surface area contributed by atoms with Gasteiger partial charge >= 0.3 is 6.18 Å². The molecule has 0 bridgehead atoms. The van der Waals surface area contributed by atoms with Crippen LogP contribution in [0.2, 0.25) is 0 Å². The van der Waals surface area contributed by atoms with Crippen LogP contribution in [0.4, 0.5) is 22.0 Å². The Morgan fingerprint density at radius 2 is 1.88 bits per heavy atom. The Hall–Kier alpha value is -1.17. The molecule has 0 radical (unpaired) electrons. The van der Waals surface area contributed by atoms with E-state index in [2.05, 4.69) is 5.32 Å². The van der Waals surface area contributed by atoms with Gasteiger partial charge in [-0.15, -0.1) is 0 Å². The minimum Gasteiger partial charge on any atom is -0.319 e. The van der Waals surface area contributed by atoms with Crippen molar-refractivity contribution in [3.8, 4) is 0 Å². The zero-order valence-corrected chi connectivity index (χ0v) is 8.41. The highest BCUT2D eigenvalue weighted by Crippen LogP contribution is 2.35. The molecule has 16 heavy (non-hydrogen) atoms. The van der Waals surface area contributed by atoms with Crippen molar-refractivity contribution in [3.63, 3.8) is 0 Å². The van der Waals surface area contributed by atoms with Gasteiger partial charge in [0.25, 0.3) is 0 Å². The summed E-state index contributed by atoms with van der Waals surface area (Å²) in [7, 11) is 1.32. The molecule has 1 aromatic rings. The fourth-order valence-corrected chi connectivity index (χ4v) is 1.39. The average molecular weight is 239 g/mol. The predicted molar refractivity (Wildman–Crippen MR) is 49.1 cm³/mol. The summed E-state index contributed by atoms with van der Waals surface area (Å²) in [5.41, 5.74) is -0.679. The van der Waals surface area contributed by atoms with Gasteiger partial charge < -0.3 is 5.32 Å². The number of benzene rings is 1. The minimum absolute atomic E-state index is 0.496. The Balaban J connectivity index is 3.15. The van der Waals surface area contributed by atoms with Crippen molar-refractivity contribution in [3.05, 3.63) is 35.4 Å². The first kappa shape index (κ1) is 12.9. The van der Waals surface area contributed by atoms with Crippen LogP contribution in [-0.2, 0) is 0 Å². The van der Waals surface area contributed by atoms with Crippen LogP contribution in [0.3, 0.4) is 0 Å². The number of rotatable bonds is 3. The second-order valence-electron chi connectivity index (χ2n) is 3.32. The number of nitrogens with one attached hydrogen (secondary N) is 1. The van der Waals surface area contributed by atoms with Crippen LogP contribution in [0.15, 0.2) is 18.2 Å². The molecule has 0 fully saturated rings. The standard InChI is InChI=1S/C10H10F5N/c1-16-5-8(10(13,14)15)7-4-6(11)2-3-9(7)12/h2-4,8,16H,5H2,1H3. The third-order valence-electron chi connectivity index (χ3n) is 2.14. The van der Waals surface area contributed by atoms with E-state index in [0.29, 0.717) is 12.1 Å². The molecule has 0 aliphatic carbocycles. The molecule has 1 unspecified atom stereocenters. The highest BCUT2D eigenvalue weighted by Gasteiger charge is 2.41. The molecule has 1 aromatic carbocycles. The summed E-state index contributed by atoms with van der Waals surface area (Å²) in [5, 5.41) is 2.31. The first-order chi connectivity index (χ1) is 7.36. The normalized spacial score (nSPS) is 13.9. The third-order valence-corrected chi connectivity index (χ3v) is 2.14. The molecule has 0 saturated heterocycles. The van der Waals surface area contributed by atoms with Crippen molar-refractivity contribution in [1.82, 2.24) is 5.32 Å². The molecule has 90 valence electrons. The van der Waals surface area contributed by atoms with E-state index in [1.54, 1.807) is 0 Å². The Morgan fingerprint density at radius 1 is 1.25 bits per heavy atom. The largest absolute Gasteiger partial charge is 0.397 e. The number of hydrogen-bond acceptors (Lipinski definition) is 1. The van der Waals surface area contributed by atoms with Crippen molar-refractivity contribution >= 4 is 0 Å². The van der Waals surface area contributed by atoms with Gasteiger partial charge in [0.2, 0.25) is 0 Å². The van der Waals surface area contributed by atoms with E-state index in [4.69, 9.17) is 0 Å². The maximum Gasteiger partial charge on any atom is 0.397 e. The third kappa shape index (κ3) is 2.91. The summed E-state index contributed by atoms with van der Waals surface area (Å²) >= 11 is 0. The fraction of sp³-hybridized carbons (Fsp3) is 0.400. The lowest BCUT2D eigenvalue weighted by molar-refractivity contribution is -0.149. The van der Waals surface area contributed by atoms with Crippen molar-refractivity contribution in [2.24, 2.45) is 0 Å². The SMILES string of the molecule is CNCC(c1cc(F)ccc1F)C(F)(F)F. The number of alkyl halides is 3. The van der Waals surface area contributed by atoms with Gasteiger partial charge in [-0.2, -0.15) is 13.2 Å². The molecule has 6 heteroatoms. The summed E-state index contributed by atoms with van der Waals surface area (Å²) < 4.78 is 63.7. The molecule has 1 nitrogen and oxygen atoms in total. The molecule has 1 atom stereocenters. The van der Waals surface area contributed by atoms with Gasteiger partial charge in [-0.05, 0) is 25.2 Å². The molecule has 0 amide bonds. The predicted octanol–water partition coefficient (Wildman–Crippen LogP) is 2.83. The lowest BCUT2D eigenvalue weighted by atomic mass is 9.97. The van der Waals surface area contributed by atoms with E-state index in [1.165, 1.54) is 7.05 Å². The fourth-order valence-electron chi connectivity index (χ4n) is 1.39. The minimum atomic E-state index is -4.61. The van der Waals surface area contributed by atoms with Crippen molar-refractivity contribution in [2.45, 2.75) is 12.1 Å². The molecule has 0 saturated carbocycles. The van der Waals surface area contributed by atoms with E-state index < -0.39 is 35.8 Å². The summed E-state index contributed by atoms with van der Waals surface area (Å²) in [5.74, 6) is -3.99. The van der Waals surface area contributed by atoms with Gasteiger partial charge in [0.05, 0.1) is 5.92 Å². The van der Waals surface area contributed by atoms with Crippen LogP contribution in [0, 0.1) is 11.6 Å². The first-order valence-corrected chi connectivity index (χ1v) is 4.52. The Morgan fingerprint density at radius 3 is 2.38 bits per heavy atom. The molecule has 1 rings (SSSR count). The van der Waals surface area contributed by atoms with Gasteiger partial charge in [0.1, 0.15) is 11.6 Å². The first-order valence-electron chi connectivity index (χ1n) is 4.52. The average Bonchev–Trinajstić information content (AvgIpc) is 2.17. The maximum absolute atomic E-state index is 13.2. The van der Waals surface area contributed by atoms with Crippen LogP contribution in [0.5, 0.6) is 0 Å². The molecule has 0 aliphatic heterocycles. The quantitative estimate of drug-likeness (QED) is 0.800. The molecular weight excluding hydrogens is 229 g/mol. The number of hydrogen-bond donors (Lipinski definition) is 1. The van der Waals surface area contributed by atoms with Gasteiger partial charge in [0.15, 0.2) is 0 Å². The van der Waals surface area contributed by atoms with E-state index in [1.807, 2.05) is 0 Å². The number of halogens is 5. The van der Waals surface area contributed by atoms with Crippen LogP contribution in [0.25, 0.3) is 0 Å². The second kappa shape index (κ2) is 4.78. The Kier molecular flexibility index (Phi) is 3.85. The topological polar surface area (TPSA) is 12.0 Å². The summed E-state index contributed by atoms with van der Waals surface area (Å²) in [4.78, 5) is 0. The van der Waals surface area contributed by atoms with Gasteiger partial charge in [0, 0.05) is 12.1 Å². The summed E-state index contributed by atoms with van der Waals surface area (Å²) in [6, 6.07) is 2.05. The molecule has 0 aromatic heterocycles. The van der Waals surface area contributed by atoms with E-state index in [9.17, 15) is 22.0 Å². The molecule has 0 spiro atoms. The monoisotopic (exact) mass is 239 g/mol. The zero-order chi connectivity index (χ0) is 12.3. The molecule has 1 N–H and O–H groups in total. The Bertz CT molecular complexity index is 361. The zero-order valence-electron chi connectivity index (χ0n) is 8.41. The Labute approximate surface area is 89.3 Å². The van der Waals surface area contributed by atoms with Crippen LogP contribution in [-0.4, -0.2) is 19.8 Å². The second-order valence-corrected chi connectivity index (χ2v) is 3.32. The van der Waals surface area contributed by atoms with E-state index >= 15 is 0 Å². The van der Waals surface area contributed by atoms with E-state index in [0.717, 1.165) is 6.07 Å². The lowest BCUT2D eigenvalue weighted by Gasteiger charge is -2.20. The summed E-state index contributed by atoms with van der Waals surface area (Å²) in [6.45, 7) is -0.496. The number of likely N-dealkylation sites (N-methyl/N-ethyl adjacent to an activating group) is 1. The van der Waals surface area contributed by atoms with Crippen molar-refractivity contribution < 1.29 is 22.0 Å². The maximum atomic E-state index is 13.2. The smallest absolute Gasteiger partial charge is 0.319 e. The highest BCUT2D eigenvalue weighted by molar-refractivity contribution is 5.24. The molecular formula is C10H10F5N. The van der Waals surface area contributed by atoms with Gasteiger partial charge in [-0.1, -0.05) is 0 Å². The van der Waals surface area contributed by atoms with Crippen LogP contribution >= 0.6 is 0 Å². The molecule has 0 aliphatic rings. The van der Waals surface area contributed by atoms with E-state index in [-0.39, 0.29) is 0 Å². The van der Waals surface area contributed by atoms with Crippen molar-refractivity contribution in [2.75, 3.05) is 13.6 Å². The lowest BCUT2D eigenvalue weighted by Crippen LogP contribution is -2.30. The van der Waals surface area contributed by atoms with Crippen LogP contribution in [0.1, 0.15) is 11.5 Å². The van der Waals surface area contributed by atoms with Crippen LogP contribution < -0.4 is 5.32 Å².